The Morgan fingerprint density at radius 3 is 2.00 bits per heavy atom. The first-order chi connectivity index (χ1) is 11.6. The van der Waals surface area contributed by atoms with Gasteiger partial charge in [-0.25, -0.2) is 0 Å². The van der Waals surface area contributed by atoms with Crippen LogP contribution in [0.1, 0.15) is 33.6 Å². The third kappa shape index (κ3) is 3.56. The van der Waals surface area contributed by atoms with Crippen molar-refractivity contribution in [2.24, 2.45) is 5.92 Å². The number of rotatable bonds is 6. The van der Waals surface area contributed by atoms with Crippen molar-refractivity contribution in [3.8, 4) is 11.5 Å². The molecule has 0 aliphatic heterocycles. The van der Waals surface area contributed by atoms with E-state index in [0.29, 0.717) is 28.3 Å². The molecular weight excluding hydrogens is 306 g/mol. The lowest BCUT2D eigenvalue weighted by Crippen LogP contribution is -2.12. The molecule has 1 saturated carbocycles. The molecule has 0 radical (unpaired) electrons. The lowest BCUT2D eigenvalue weighted by Gasteiger charge is -2.09. The number of hydrogen-bond donors (Lipinski definition) is 1. The molecule has 0 bridgehead atoms. The molecule has 5 nitrogen and oxygen atoms in total. The first-order valence-electron chi connectivity index (χ1n) is 7.79. The van der Waals surface area contributed by atoms with Crippen molar-refractivity contribution >= 4 is 17.4 Å². The largest absolute Gasteiger partial charge is 0.497 e. The summed E-state index contributed by atoms with van der Waals surface area (Å²) in [5.41, 5.74) is 1.76. The van der Waals surface area contributed by atoms with Crippen molar-refractivity contribution < 1.29 is 19.1 Å². The van der Waals surface area contributed by atoms with Gasteiger partial charge < -0.3 is 14.8 Å². The number of benzene rings is 2. The van der Waals surface area contributed by atoms with Gasteiger partial charge in [0, 0.05) is 28.8 Å². The molecule has 1 aliphatic rings. The molecule has 124 valence electrons. The Kier molecular flexibility index (Phi) is 4.51. The van der Waals surface area contributed by atoms with E-state index in [9.17, 15) is 9.59 Å². The van der Waals surface area contributed by atoms with Gasteiger partial charge >= 0.3 is 0 Å². The van der Waals surface area contributed by atoms with Crippen LogP contribution in [0.3, 0.4) is 0 Å². The predicted octanol–water partition coefficient (Wildman–Crippen LogP) is 3.55. The number of Topliss-reactive ketones (excluding diaryl/α,β-unsaturated/α-hetero) is 1. The van der Waals surface area contributed by atoms with E-state index in [1.165, 1.54) is 14.2 Å². The number of carbonyl (C=O) groups excluding carboxylic acids is 2. The van der Waals surface area contributed by atoms with Crippen molar-refractivity contribution in [2.45, 2.75) is 12.8 Å². The Hall–Kier alpha value is -2.82. The van der Waals surface area contributed by atoms with E-state index in [2.05, 4.69) is 5.32 Å². The van der Waals surface area contributed by atoms with Gasteiger partial charge in [0.15, 0.2) is 5.78 Å². The van der Waals surface area contributed by atoms with E-state index < -0.39 is 0 Å². The summed E-state index contributed by atoms with van der Waals surface area (Å²) in [6, 6.07) is 12.0. The van der Waals surface area contributed by atoms with E-state index in [1.54, 1.807) is 42.5 Å². The van der Waals surface area contributed by atoms with Crippen molar-refractivity contribution in [1.82, 2.24) is 0 Å². The molecule has 0 unspecified atom stereocenters. The highest BCUT2D eigenvalue weighted by atomic mass is 16.5. The summed E-state index contributed by atoms with van der Waals surface area (Å²) in [7, 11) is 3.07. The second-order valence-electron chi connectivity index (χ2n) is 5.77. The van der Waals surface area contributed by atoms with Crippen molar-refractivity contribution in [2.75, 3.05) is 19.5 Å². The number of anilines is 1. The highest BCUT2D eigenvalue weighted by Gasteiger charge is 2.30. The molecule has 5 heteroatoms. The van der Waals surface area contributed by atoms with Gasteiger partial charge in [0.05, 0.1) is 14.2 Å². The van der Waals surface area contributed by atoms with Crippen molar-refractivity contribution in [3.63, 3.8) is 0 Å². The topological polar surface area (TPSA) is 64.6 Å². The maximum Gasteiger partial charge on any atom is 0.255 e. The fourth-order valence-electron chi connectivity index (χ4n) is 2.44. The smallest absolute Gasteiger partial charge is 0.255 e. The highest BCUT2D eigenvalue weighted by Crippen LogP contribution is 2.32. The average Bonchev–Trinajstić information content (AvgIpc) is 3.46. The van der Waals surface area contributed by atoms with Gasteiger partial charge in [-0.2, -0.15) is 0 Å². The number of ether oxygens (including phenoxy) is 2. The normalized spacial score (nSPS) is 13.2. The van der Waals surface area contributed by atoms with Crippen LogP contribution >= 0.6 is 0 Å². The summed E-state index contributed by atoms with van der Waals surface area (Å²) in [6.07, 6.45) is 1.96. The monoisotopic (exact) mass is 325 g/mol. The minimum Gasteiger partial charge on any atom is -0.497 e. The van der Waals surface area contributed by atoms with Gasteiger partial charge in [0.1, 0.15) is 11.5 Å². The van der Waals surface area contributed by atoms with Gasteiger partial charge in [-0.3, -0.25) is 9.59 Å². The molecule has 0 spiro atoms. The van der Waals surface area contributed by atoms with Crippen LogP contribution in [0.4, 0.5) is 5.69 Å². The molecule has 2 aromatic carbocycles. The van der Waals surface area contributed by atoms with Gasteiger partial charge in [0.25, 0.3) is 5.91 Å². The lowest BCUT2D eigenvalue weighted by molar-refractivity contribution is 0.0967. The minimum absolute atomic E-state index is 0.186. The molecule has 1 N–H and O–H groups in total. The third-order valence-electron chi connectivity index (χ3n) is 3.99. The van der Waals surface area contributed by atoms with Crippen LogP contribution in [0, 0.1) is 5.92 Å². The van der Waals surface area contributed by atoms with E-state index >= 15 is 0 Å². The molecule has 3 rings (SSSR count). The van der Waals surface area contributed by atoms with Gasteiger partial charge in [-0.15, -0.1) is 0 Å². The summed E-state index contributed by atoms with van der Waals surface area (Å²) in [4.78, 5) is 24.4. The molecule has 0 saturated heterocycles. The van der Waals surface area contributed by atoms with Gasteiger partial charge in [-0.05, 0) is 49.2 Å². The Labute approximate surface area is 140 Å². The second-order valence-corrected chi connectivity index (χ2v) is 5.77. The Balaban J connectivity index is 1.73. The molecule has 24 heavy (non-hydrogen) atoms. The lowest BCUT2D eigenvalue weighted by atomic mass is 10.1. The quantitative estimate of drug-likeness (QED) is 0.825. The first kappa shape index (κ1) is 16.1. The van der Waals surface area contributed by atoms with Crippen LogP contribution in [0.2, 0.25) is 0 Å². The third-order valence-corrected chi connectivity index (χ3v) is 3.99. The summed E-state index contributed by atoms with van der Waals surface area (Å²) in [5, 5.41) is 2.81. The number of nitrogens with one attached hydrogen (secondary N) is 1. The Morgan fingerprint density at radius 2 is 1.50 bits per heavy atom. The number of methoxy groups -OCH3 is 2. The van der Waals surface area contributed by atoms with Crippen LogP contribution in [-0.4, -0.2) is 25.9 Å². The molecule has 0 heterocycles. The number of ketones is 1. The zero-order valence-electron chi connectivity index (χ0n) is 13.7. The SMILES string of the molecule is COc1cc(OC)cc(C(=O)Nc2ccc(C(=O)C3CC3)cc2)c1. The van der Waals surface area contributed by atoms with Crippen LogP contribution < -0.4 is 14.8 Å². The first-order valence-corrected chi connectivity index (χ1v) is 7.79. The Morgan fingerprint density at radius 1 is 0.917 bits per heavy atom. The Bertz CT molecular complexity index is 741. The maximum absolute atomic E-state index is 12.4. The summed E-state index contributed by atoms with van der Waals surface area (Å²) >= 11 is 0. The molecular formula is C19H19NO4. The minimum atomic E-state index is -0.270. The van der Waals surface area contributed by atoms with Crippen LogP contribution in [0.25, 0.3) is 0 Å². The van der Waals surface area contributed by atoms with Crippen molar-refractivity contribution in [1.29, 1.82) is 0 Å². The zero-order valence-corrected chi connectivity index (χ0v) is 13.7. The van der Waals surface area contributed by atoms with Gasteiger partial charge in [0.2, 0.25) is 0 Å². The fourth-order valence-corrected chi connectivity index (χ4v) is 2.44. The van der Waals surface area contributed by atoms with Crippen molar-refractivity contribution in [3.05, 3.63) is 53.6 Å². The molecule has 1 amide bonds. The molecule has 1 fully saturated rings. The average molecular weight is 325 g/mol. The van der Waals surface area contributed by atoms with E-state index in [4.69, 9.17) is 9.47 Å². The summed E-state index contributed by atoms with van der Waals surface area (Å²) < 4.78 is 10.3. The molecule has 2 aromatic rings. The number of carbonyl (C=O) groups is 2. The standard InChI is InChI=1S/C19H19NO4/c1-23-16-9-14(10-17(11-16)24-2)19(22)20-15-7-5-13(6-8-15)18(21)12-3-4-12/h5-12H,3-4H2,1-2H3,(H,20,22). The second kappa shape index (κ2) is 6.74. The molecule has 1 aliphatic carbocycles. The van der Waals surface area contributed by atoms with E-state index in [0.717, 1.165) is 12.8 Å². The highest BCUT2D eigenvalue weighted by molar-refractivity contribution is 6.05. The summed E-state index contributed by atoms with van der Waals surface area (Å²) in [6.45, 7) is 0. The molecule has 0 atom stereocenters. The van der Waals surface area contributed by atoms with Gasteiger partial charge in [-0.1, -0.05) is 0 Å². The summed E-state index contributed by atoms with van der Waals surface area (Å²) in [5.74, 6) is 1.20. The van der Waals surface area contributed by atoms with Crippen LogP contribution in [-0.2, 0) is 0 Å². The fraction of sp³-hybridized carbons (Fsp3) is 0.263. The number of hydrogen-bond acceptors (Lipinski definition) is 4. The van der Waals surface area contributed by atoms with Crippen LogP contribution in [0.5, 0.6) is 11.5 Å². The van der Waals surface area contributed by atoms with E-state index in [-0.39, 0.29) is 17.6 Å². The molecule has 0 aromatic heterocycles. The van der Waals surface area contributed by atoms with E-state index in [1.807, 2.05) is 0 Å². The van der Waals surface area contributed by atoms with Crippen LogP contribution in [0.15, 0.2) is 42.5 Å². The maximum atomic E-state index is 12.4. The number of amides is 1. The predicted molar refractivity (Wildman–Crippen MR) is 91.0 cm³/mol. The zero-order chi connectivity index (χ0) is 17.1.